The van der Waals surface area contributed by atoms with E-state index in [-0.39, 0.29) is 51.6 Å². The number of ether oxygens (including phenoxy) is 6. The fraction of sp³-hybridized carbons (Fsp3) is 0.936. The van der Waals surface area contributed by atoms with Crippen LogP contribution in [-0.2, 0) is 33.2 Å². The average Bonchev–Trinajstić information content (AvgIpc) is 3.22. The van der Waals surface area contributed by atoms with Gasteiger partial charge in [-0.25, -0.2) is 4.79 Å². The molecule has 3 saturated heterocycles. The van der Waals surface area contributed by atoms with Crippen LogP contribution in [0, 0.1) is 50.2 Å². The van der Waals surface area contributed by atoms with Crippen LogP contribution in [0.3, 0.4) is 0 Å². The van der Waals surface area contributed by atoms with E-state index in [1.807, 2.05) is 0 Å². The van der Waals surface area contributed by atoms with E-state index in [0.717, 1.165) is 44.9 Å². The van der Waals surface area contributed by atoms with E-state index in [4.69, 9.17) is 28.4 Å². The predicted molar refractivity (Wildman–Crippen MR) is 225 cm³/mol. The van der Waals surface area contributed by atoms with Gasteiger partial charge in [-0.15, -0.1) is 0 Å². The van der Waals surface area contributed by atoms with Crippen molar-refractivity contribution < 1.29 is 84.3 Å². The summed E-state index contributed by atoms with van der Waals surface area (Å²) in [5.41, 5.74) is 0.307. The molecule has 3 heterocycles. The van der Waals surface area contributed by atoms with Crippen LogP contribution in [-0.4, -0.2) is 168 Å². The first kappa shape index (κ1) is 49.0. The molecule has 24 atom stereocenters. The number of rotatable bonds is 8. The maximum atomic E-state index is 12.4. The number of hydrogen-bond donors (Lipinski definition) is 10. The Kier molecular flexibility index (Phi) is 13.0. The van der Waals surface area contributed by atoms with Gasteiger partial charge in [-0.3, -0.25) is 0 Å². The number of carboxylic acid groups (broad SMARTS) is 1. The third kappa shape index (κ3) is 7.67. The molecule has 10 N–H and O–H groups in total. The molecule has 64 heavy (non-hydrogen) atoms. The number of carbonyl (C=O) groups is 1. The van der Waals surface area contributed by atoms with E-state index in [1.165, 1.54) is 12.5 Å². The average molecular weight is 913 g/mol. The highest BCUT2D eigenvalue weighted by molar-refractivity contribution is 5.73. The van der Waals surface area contributed by atoms with Crippen LogP contribution < -0.4 is 0 Å². The molecule has 17 heteroatoms. The van der Waals surface area contributed by atoms with Crippen LogP contribution in [0.4, 0.5) is 0 Å². The summed E-state index contributed by atoms with van der Waals surface area (Å²) in [6, 6.07) is 0. The Bertz CT molecular complexity index is 1760. The molecular weight excluding hydrogens is 837 g/mol. The number of hydrogen-bond acceptors (Lipinski definition) is 16. The minimum Gasteiger partial charge on any atom is -0.479 e. The minimum absolute atomic E-state index is 0.0173. The normalized spacial score (nSPS) is 56.1. The second-order valence-corrected chi connectivity index (χ2v) is 23.3. The molecular formula is C47H76O17. The molecule has 4 unspecified atom stereocenters. The van der Waals surface area contributed by atoms with Gasteiger partial charge in [-0.05, 0) is 115 Å². The van der Waals surface area contributed by atoms with Gasteiger partial charge in [0.2, 0.25) is 0 Å². The van der Waals surface area contributed by atoms with Crippen molar-refractivity contribution in [3.05, 3.63) is 11.6 Å². The first-order valence-corrected chi connectivity index (χ1v) is 23.6. The van der Waals surface area contributed by atoms with Crippen molar-refractivity contribution in [2.24, 2.45) is 50.2 Å². The van der Waals surface area contributed by atoms with Crippen molar-refractivity contribution in [3.8, 4) is 0 Å². The van der Waals surface area contributed by atoms with E-state index in [9.17, 15) is 55.9 Å². The van der Waals surface area contributed by atoms with Gasteiger partial charge in [0.15, 0.2) is 25.0 Å². The minimum atomic E-state index is -1.99. The first-order chi connectivity index (χ1) is 29.7. The molecule has 366 valence electrons. The maximum absolute atomic E-state index is 12.4. The molecule has 0 amide bonds. The van der Waals surface area contributed by atoms with Gasteiger partial charge in [-0.1, -0.05) is 60.1 Å². The number of carboxylic acids is 1. The van der Waals surface area contributed by atoms with Gasteiger partial charge < -0.3 is 79.5 Å². The Hall–Kier alpha value is -1.39. The fourth-order valence-electron chi connectivity index (χ4n) is 14.8. The fourth-order valence-corrected chi connectivity index (χ4v) is 14.8. The van der Waals surface area contributed by atoms with Crippen LogP contribution in [0.1, 0.15) is 113 Å². The molecule has 0 aromatic rings. The number of aliphatic hydroxyl groups excluding tert-OH is 9. The van der Waals surface area contributed by atoms with E-state index >= 15 is 0 Å². The molecule has 4 saturated carbocycles. The summed E-state index contributed by atoms with van der Waals surface area (Å²) in [4.78, 5) is 12.4. The third-order valence-electron chi connectivity index (χ3n) is 19.0. The zero-order chi connectivity index (χ0) is 46.9. The lowest BCUT2D eigenvalue weighted by molar-refractivity contribution is -0.384. The molecule has 0 aromatic carbocycles. The first-order valence-electron chi connectivity index (χ1n) is 23.6. The Morgan fingerprint density at radius 1 is 0.750 bits per heavy atom. The highest BCUT2D eigenvalue weighted by Crippen LogP contribution is 2.77. The second kappa shape index (κ2) is 16.9. The van der Waals surface area contributed by atoms with Crippen LogP contribution in [0.15, 0.2) is 11.6 Å². The van der Waals surface area contributed by atoms with E-state index in [2.05, 4.69) is 54.5 Å². The molecule has 7 fully saturated rings. The predicted octanol–water partition coefficient (Wildman–Crippen LogP) is 1.34. The summed E-state index contributed by atoms with van der Waals surface area (Å²) in [6.07, 6.45) is -14.3. The van der Waals surface area contributed by atoms with Gasteiger partial charge >= 0.3 is 5.97 Å². The van der Waals surface area contributed by atoms with Crippen molar-refractivity contribution in [3.63, 3.8) is 0 Å². The standard InChI is InChI=1S/C47H76O17/c1-21-29(51)31(53)34(56)39(60-21)63-36-30(52)25(49)18-59-40(36)64-37-33(55)32(54)35(38(57)58)62-41(37)61-22-11-12-45(6)26-10-9-23-24-16-42(2,3)28(50)17-43(24,4)13-14-46(23,7)47(26,8)19-44(5,20-48)27(45)15-22/h9,21-22,24-37,39-41,48-56H,10-20H2,1-8H3,(H,57,58)/t21?,22-,24?,25+,26?,27?,28+,29-,30-,31+,32-,33-,34+,35-,36+,37+,39-,40-,41+,43-,44-,45+,46+,47+/m0/s1. The Labute approximate surface area is 376 Å². The van der Waals surface area contributed by atoms with Crippen molar-refractivity contribution in [1.29, 1.82) is 0 Å². The lowest BCUT2D eigenvalue weighted by Crippen LogP contribution is -2.67. The smallest absolute Gasteiger partial charge is 0.335 e. The highest BCUT2D eigenvalue weighted by atomic mass is 16.8. The summed E-state index contributed by atoms with van der Waals surface area (Å²) in [5.74, 6) is -0.947. The zero-order valence-corrected chi connectivity index (χ0v) is 38.7. The Morgan fingerprint density at radius 2 is 1.42 bits per heavy atom. The monoisotopic (exact) mass is 913 g/mol. The van der Waals surface area contributed by atoms with E-state index < -0.39 is 110 Å². The molecule has 8 aliphatic rings. The molecule has 8 rings (SSSR count). The largest absolute Gasteiger partial charge is 0.479 e. The molecule has 17 nitrogen and oxygen atoms in total. The van der Waals surface area contributed by atoms with Crippen LogP contribution in [0.25, 0.3) is 0 Å². The lowest BCUT2D eigenvalue weighted by Gasteiger charge is -2.73. The number of aliphatic carboxylic acids is 1. The van der Waals surface area contributed by atoms with Crippen molar-refractivity contribution >= 4 is 5.97 Å². The molecule has 0 aromatic heterocycles. The molecule has 0 bridgehead atoms. The quantitative estimate of drug-likeness (QED) is 0.122. The molecule has 0 radical (unpaired) electrons. The Balaban J connectivity index is 1.05. The van der Waals surface area contributed by atoms with Crippen LogP contribution in [0.2, 0.25) is 0 Å². The molecule has 0 spiro atoms. The Morgan fingerprint density at radius 3 is 2.09 bits per heavy atom. The summed E-state index contributed by atoms with van der Waals surface area (Å²) in [6.45, 7) is 17.1. The SMILES string of the molecule is CC1O[C@@H](O[C@H]2[C@H](O[C@H]3[C@H](O[C@H]4CC[C@@]5(C)C(C4)[C@](C)(CO)C[C@]4(C)C5CC=C5C6CC(C)(C)[C@H](O)C[C@]6(C)CC[C@]54C)O[C@H](C(=O)O)[C@@H](O)[C@@H]3O)OC[C@@H](O)[C@@H]2O)[C@H](O)[C@H](O)[C@H]1O. The number of allylic oxidation sites excluding steroid dienone is 2. The summed E-state index contributed by atoms with van der Waals surface area (Å²) in [5, 5.41) is 108. The van der Waals surface area contributed by atoms with Crippen molar-refractivity contribution in [1.82, 2.24) is 0 Å². The lowest BCUT2D eigenvalue weighted by atomic mass is 9.32. The van der Waals surface area contributed by atoms with Crippen LogP contribution in [0.5, 0.6) is 0 Å². The van der Waals surface area contributed by atoms with Crippen molar-refractivity contribution in [2.45, 2.75) is 211 Å². The van der Waals surface area contributed by atoms with Crippen LogP contribution >= 0.6 is 0 Å². The third-order valence-corrected chi connectivity index (χ3v) is 19.0. The molecule has 5 aliphatic carbocycles. The highest BCUT2D eigenvalue weighted by Gasteiger charge is 2.70. The second-order valence-electron chi connectivity index (χ2n) is 23.3. The molecule has 3 aliphatic heterocycles. The summed E-state index contributed by atoms with van der Waals surface area (Å²) >= 11 is 0. The van der Waals surface area contributed by atoms with E-state index in [0.29, 0.717) is 18.8 Å². The van der Waals surface area contributed by atoms with Gasteiger partial charge in [0.1, 0.15) is 54.9 Å². The van der Waals surface area contributed by atoms with Gasteiger partial charge in [-0.2, -0.15) is 0 Å². The summed E-state index contributed by atoms with van der Waals surface area (Å²) < 4.78 is 35.9. The van der Waals surface area contributed by atoms with Gasteiger partial charge in [0.25, 0.3) is 0 Å². The topological polar surface area (TPSA) is 275 Å². The number of aliphatic hydroxyl groups is 9. The maximum Gasteiger partial charge on any atom is 0.335 e. The zero-order valence-electron chi connectivity index (χ0n) is 38.7. The number of fused-ring (bicyclic) bond motifs is 7. The van der Waals surface area contributed by atoms with Gasteiger partial charge in [0.05, 0.1) is 24.9 Å². The van der Waals surface area contributed by atoms with E-state index in [1.54, 1.807) is 0 Å². The summed E-state index contributed by atoms with van der Waals surface area (Å²) in [7, 11) is 0. The van der Waals surface area contributed by atoms with Crippen molar-refractivity contribution in [2.75, 3.05) is 13.2 Å². The van der Waals surface area contributed by atoms with Gasteiger partial charge in [0, 0.05) is 6.61 Å².